The molecule has 0 saturated heterocycles. The van der Waals surface area contributed by atoms with E-state index in [1.54, 1.807) is 0 Å². The highest BCUT2D eigenvalue weighted by Crippen LogP contribution is 2.47. The zero-order valence-electron chi connectivity index (χ0n) is 9.98. The van der Waals surface area contributed by atoms with Gasteiger partial charge in [-0.05, 0) is 42.7 Å². The molecule has 2 heteroatoms. The second-order valence-electron chi connectivity index (χ2n) is 5.68. The number of rotatable bonds is 3. The van der Waals surface area contributed by atoms with Crippen molar-refractivity contribution in [3.63, 3.8) is 0 Å². The lowest BCUT2D eigenvalue weighted by Crippen LogP contribution is -2.37. The van der Waals surface area contributed by atoms with E-state index in [4.69, 9.17) is 0 Å². The van der Waals surface area contributed by atoms with Crippen LogP contribution in [-0.4, -0.2) is 11.1 Å². The SMILES string of the molecule is O=C(O)C1(CC2CC2)CCc2ccccc2C1. The van der Waals surface area contributed by atoms with E-state index in [0.717, 1.165) is 25.7 Å². The van der Waals surface area contributed by atoms with Crippen molar-refractivity contribution in [3.05, 3.63) is 35.4 Å². The highest BCUT2D eigenvalue weighted by atomic mass is 16.4. The molecule has 1 saturated carbocycles. The van der Waals surface area contributed by atoms with Gasteiger partial charge in [-0.2, -0.15) is 0 Å². The van der Waals surface area contributed by atoms with Crippen LogP contribution in [0.2, 0.25) is 0 Å². The normalized spacial score (nSPS) is 27.5. The lowest BCUT2D eigenvalue weighted by molar-refractivity contribution is -0.150. The third kappa shape index (κ3) is 1.97. The van der Waals surface area contributed by atoms with Crippen molar-refractivity contribution in [2.45, 2.75) is 38.5 Å². The summed E-state index contributed by atoms with van der Waals surface area (Å²) in [5.41, 5.74) is 2.12. The third-order valence-corrected chi connectivity index (χ3v) is 4.35. The van der Waals surface area contributed by atoms with Gasteiger partial charge in [0.15, 0.2) is 0 Å². The van der Waals surface area contributed by atoms with E-state index in [1.807, 2.05) is 12.1 Å². The maximum Gasteiger partial charge on any atom is 0.309 e. The first kappa shape index (κ1) is 10.8. The van der Waals surface area contributed by atoms with Crippen molar-refractivity contribution in [3.8, 4) is 0 Å². The average Bonchev–Trinajstić information content (AvgIpc) is 3.12. The fraction of sp³-hybridized carbons (Fsp3) is 0.533. The second-order valence-corrected chi connectivity index (χ2v) is 5.68. The first-order valence-electron chi connectivity index (χ1n) is 6.50. The molecule has 90 valence electrons. The minimum Gasteiger partial charge on any atom is -0.481 e. The van der Waals surface area contributed by atoms with E-state index in [0.29, 0.717) is 5.92 Å². The molecular formula is C15H18O2. The first-order chi connectivity index (χ1) is 8.20. The van der Waals surface area contributed by atoms with E-state index in [9.17, 15) is 9.90 Å². The summed E-state index contributed by atoms with van der Waals surface area (Å²) in [4.78, 5) is 11.6. The van der Waals surface area contributed by atoms with Crippen molar-refractivity contribution in [1.29, 1.82) is 0 Å². The molecule has 1 aromatic carbocycles. The number of carbonyl (C=O) groups is 1. The zero-order valence-corrected chi connectivity index (χ0v) is 9.98. The molecule has 0 spiro atoms. The molecule has 3 rings (SSSR count). The van der Waals surface area contributed by atoms with Crippen LogP contribution in [0, 0.1) is 11.3 Å². The Labute approximate surface area is 102 Å². The molecule has 17 heavy (non-hydrogen) atoms. The average molecular weight is 230 g/mol. The first-order valence-corrected chi connectivity index (χ1v) is 6.50. The quantitative estimate of drug-likeness (QED) is 0.866. The van der Waals surface area contributed by atoms with E-state index < -0.39 is 11.4 Å². The minimum atomic E-state index is -0.584. The molecule has 0 amide bonds. The van der Waals surface area contributed by atoms with Crippen LogP contribution in [0.5, 0.6) is 0 Å². The van der Waals surface area contributed by atoms with E-state index in [2.05, 4.69) is 12.1 Å². The van der Waals surface area contributed by atoms with Gasteiger partial charge in [0.25, 0.3) is 0 Å². The van der Waals surface area contributed by atoms with Gasteiger partial charge in [0, 0.05) is 0 Å². The number of hydrogen-bond donors (Lipinski definition) is 1. The van der Waals surface area contributed by atoms with Gasteiger partial charge in [0.05, 0.1) is 5.41 Å². The van der Waals surface area contributed by atoms with Crippen LogP contribution in [0.15, 0.2) is 24.3 Å². The number of benzene rings is 1. The molecule has 2 aliphatic rings. The number of hydrogen-bond acceptors (Lipinski definition) is 1. The van der Waals surface area contributed by atoms with Crippen LogP contribution >= 0.6 is 0 Å². The molecule has 1 atom stereocenters. The molecule has 2 aliphatic carbocycles. The second kappa shape index (κ2) is 3.86. The van der Waals surface area contributed by atoms with Gasteiger partial charge in [-0.3, -0.25) is 4.79 Å². The van der Waals surface area contributed by atoms with Crippen LogP contribution in [0.3, 0.4) is 0 Å². The van der Waals surface area contributed by atoms with Crippen LogP contribution in [0.4, 0.5) is 0 Å². The smallest absolute Gasteiger partial charge is 0.309 e. The maximum atomic E-state index is 11.6. The molecule has 0 aliphatic heterocycles. The van der Waals surface area contributed by atoms with Crippen LogP contribution in [0.1, 0.15) is 36.8 Å². The summed E-state index contributed by atoms with van der Waals surface area (Å²) >= 11 is 0. The standard InChI is InChI=1S/C15H18O2/c16-14(17)15(9-11-5-6-11)8-7-12-3-1-2-4-13(12)10-15/h1-4,11H,5-10H2,(H,16,17). The van der Waals surface area contributed by atoms with Crippen molar-refractivity contribution >= 4 is 5.97 Å². The molecule has 0 heterocycles. The Kier molecular flexibility index (Phi) is 2.46. The molecule has 1 N–H and O–H groups in total. The molecule has 0 radical (unpaired) electrons. The van der Waals surface area contributed by atoms with Crippen LogP contribution < -0.4 is 0 Å². The molecule has 1 aromatic rings. The van der Waals surface area contributed by atoms with Crippen molar-refractivity contribution in [2.24, 2.45) is 11.3 Å². The number of carboxylic acids is 1. The molecule has 0 aromatic heterocycles. The lowest BCUT2D eigenvalue weighted by atomic mass is 9.68. The summed E-state index contributed by atoms with van der Waals surface area (Å²) in [6.45, 7) is 0. The molecular weight excluding hydrogens is 212 g/mol. The maximum absolute atomic E-state index is 11.6. The number of aliphatic carboxylic acids is 1. The largest absolute Gasteiger partial charge is 0.481 e. The summed E-state index contributed by atoms with van der Waals surface area (Å²) < 4.78 is 0. The summed E-state index contributed by atoms with van der Waals surface area (Å²) in [5.74, 6) is 0.0928. The Balaban J connectivity index is 1.89. The Bertz CT molecular complexity index is 448. The van der Waals surface area contributed by atoms with Crippen LogP contribution in [0.25, 0.3) is 0 Å². The van der Waals surface area contributed by atoms with Gasteiger partial charge in [-0.1, -0.05) is 37.1 Å². The van der Waals surface area contributed by atoms with Gasteiger partial charge >= 0.3 is 5.97 Å². The Morgan fingerprint density at radius 2 is 2.00 bits per heavy atom. The fourth-order valence-electron chi connectivity index (χ4n) is 3.12. The minimum absolute atomic E-state index is 0.477. The van der Waals surface area contributed by atoms with Crippen LogP contribution in [-0.2, 0) is 17.6 Å². The lowest BCUT2D eigenvalue weighted by Gasteiger charge is -2.34. The fourth-order valence-corrected chi connectivity index (χ4v) is 3.12. The number of carboxylic acid groups (broad SMARTS) is 1. The van der Waals surface area contributed by atoms with Gasteiger partial charge in [0.1, 0.15) is 0 Å². The van der Waals surface area contributed by atoms with Gasteiger partial charge in [-0.15, -0.1) is 0 Å². The Morgan fingerprint density at radius 3 is 2.65 bits per heavy atom. The number of aryl methyl sites for hydroxylation is 1. The molecule has 1 fully saturated rings. The van der Waals surface area contributed by atoms with E-state index in [1.165, 1.54) is 24.0 Å². The zero-order chi connectivity index (χ0) is 11.9. The predicted molar refractivity (Wildman–Crippen MR) is 65.9 cm³/mol. The summed E-state index contributed by atoms with van der Waals surface area (Å²) in [6, 6.07) is 8.30. The summed E-state index contributed by atoms with van der Waals surface area (Å²) in [5, 5.41) is 9.59. The molecule has 1 unspecified atom stereocenters. The Morgan fingerprint density at radius 1 is 1.29 bits per heavy atom. The highest BCUT2D eigenvalue weighted by molar-refractivity contribution is 5.75. The van der Waals surface area contributed by atoms with Gasteiger partial charge in [-0.25, -0.2) is 0 Å². The third-order valence-electron chi connectivity index (χ3n) is 4.35. The highest BCUT2D eigenvalue weighted by Gasteiger charge is 2.44. The molecule has 0 bridgehead atoms. The van der Waals surface area contributed by atoms with E-state index in [-0.39, 0.29) is 0 Å². The van der Waals surface area contributed by atoms with Crippen molar-refractivity contribution < 1.29 is 9.90 Å². The predicted octanol–water partition coefficient (Wildman–Crippen LogP) is 3.05. The van der Waals surface area contributed by atoms with Crippen molar-refractivity contribution in [1.82, 2.24) is 0 Å². The number of fused-ring (bicyclic) bond motifs is 1. The summed E-state index contributed by atoms with van der Waals surface area (Å²) in [7, 11) is 0. The van der Waals surface area contributed by atoms with Gasteiger partial charge < -0.3 is 5.11 Å². The van der Waals surface area contributed by atoms with Gasteiger partial charge in [0.2, 0.25) is 0 Å². The Hall–Kier alpha value is -1.31. The summed E-state index contributed by atoms with van der Waals surface area (Å²) in [6.07, 6.45) is 5.82. The van der Waals surface area contributed by atoms with Crippen molar-refractivity contribution in [2.75, 3.05) is 0 Å². The molecule has 2 nitrogen and oxygen atoms in total. The monoisotopic (exact) mass is 230 g/mol. The topological polar surface area (TPSA) is 37.3 Å². The van der Waals surface area contributed by atoms with E-state index >= 15 is 0 Å².